The number of aromatic nitrogens is 1. The summed E-state index contributed by atoms with van der Waals surface area (Å²) in [5.74, 6) is 0.159. The fourth-order valence-corrected chi connectivity index (χ4v) is 3.02. The lowest BCUT2D eigenvalue weighted by Gasteiger charge is -2.11. The number of anilines is 1. The molecule has 0 saturated carbocycles. The maximum absolute atomic E-state index is 12.8. The summed E-state index contributed by atoms with van der Waals surface area (Å²) in [6, 6.07) is 10.7. The molecule has 0 aliphatic rings. The van der Waals surface area contributed by atoms with E-state index in [4.69, 9.17) is 9.15 Å². The van der Waals surface area contributed by atoms with Crippen LogP contribution in [0.5, 0.6) is 0 Å². The van der Waals surface area contributed by atoms with Gasteiger partial charge in [0.15, 0.2) is 0 Å². The number of esters is 1. The smallest absolute Gasteiger partial charge is 0.337 e. The Bertz CT molecular complexity index is 984. The monoisotopic (exact) mass is 366 g/mol. The molecule has 6 heteroatoms. The second kappa shape index (κ2) is 7.53. The van der Waals surface area contributed by atoms with Crippen LogP contribution in [0, 0.1) is 20.8 Å². The average Bonchev–Trinajstić information content (AvgIpc) is 3.26. The molecule has 3 rings (SSSR count). The maximum atomic E-state index is 12.8. The predicted octanol–water partition coefficient (Wildman–Crippen LogP) is 4.09. The van der Waals surface area contributed by atoms with Crippen LogP contribution >= 0.6 is 0 Å². The quantitative estimate of drug-likeness (QED) is 0.690. The molecule has 0 aliphatic carbocycles. The van der Waals surface area contributed by atoms with Crippen molar-refractivity contribution in [3.8, 4) is 0 Å². The summed E-state index contributed by atoms with van der Waals surface area (Å²) in [4.78, 5) is 24.6. The number of benzene rings is 1. The summed E-state index contributed by atoms with van der Waals surface area (Å²) < 4.78 is 12.2. The zero-order chi connectivity index (χ0) is 19.6. The minimum absolute atomic E-state index is 0.223. The van der Waals surface area contributed by atoms with E-state index in [0.29, 0.717) is 23.4 Å². The Balaban J connectivity index is 1.86. The van der Waals surface area contributed by atoms with Gasteiger partial charge >= 0.3 is 5.97 Å². The molecule has 1 N–H and O–H groups in total. The highest BCUT2D eigenvalue weighted by atomic mass is 16.5. The molecular weight excluding hydrogens is 344 g/mol. The summed E-state index contributed by atoms with van der Waals surface area (Å²) in [5.41, 5.74) is 4.24. The number of carbonyl (C=O) groups is 2. The third-order valence-electron chi connectivity index (χ3n) is 4.62. The number of hydrogen-bond donors (Lipinski definition) is 1. The predicted molar refractivity (Wildman–Crippen MR) is 102 cm³/mol. The van der Waals surface area contributed by atoms with Crippen molar-refractivity contribution in [3.05, 3.63) is 76.5 Å². The zero-order valence-corrected chi connectivity index (χ0v) is 15.8. The molecule has 27 heavy (non-hydrogen) atoms. The molecule has 3 aromatic rings. The number of aryl methyl sites for hydroxylation is 2. The van der Waals surface area contributed by atoms with Crippen molar-refractivity contribution in [1.29, 1.82) is 0 Å². The molecule has 0 fully saturated rings. The topological polar surface area (TPSA) is 73.5 Å². The summed E-state index contributed by atoms with van der Waals surface area (Å²) >= 11 is 0. The Labute approximate surface area is 157 Å². The van der Waals surface area contributed by atoms with Gasteiger partial charge in [-0.2, -0.15) is 0 Å². The van der Waals surface area contributed by atoms with Gasteiger partial charge in [0.05, 0.1) is 31.0 Å². The Morgan fingerprint density at radius 2 is 1.93 bits per heavy atom. The number of furan rings is 1. The lowest BCUT2D eigenvalue weighted by molar-refractivity contribution is 0.0600. The van der Waals surface area contributed by atoms with Crippen molar-refractivity contribution < 1.29 is 18.7 Å². The Morgan fingerprint density at radius 1 is 1.15 bits per heavy atom. The van der Waals surface area contributed by atoms with Crippen molar-refractivity contribution in [1.82, 2.24) is 4.57 Å². The van der Waals surface area contributed by atoms with Gasteiger partial charge in [0, 0.05) is 17.1 Å². The number of amides is 1. The van der Waals surface area contributed by atoms with Gasteiger partial charge < -0.3 is 19.0 Å². The molecule has 0 bridgehead atoms. The molecule has 0 unspecified atom stereocenters. The highest BCUT2D eigenvalue weighted by Crippen LogP contribution is 2.22. The highest BCUT2D eigenvalue weighted by Gasteiger charge is 2.18. The number of nitrogens with one attached hydrogen (secondary N) is 1. The van der Waals surface area contributed by atoms with Gasteiger partial charge in [0.2, 0.25) is 0 Å². The molecule has 2 heterocycles. The van der Waals surface area contributed by atoms with E-state index in [9.17, 15) is 9.59 Å². The van der Waals surface area contributed by atoms with Crippen molar-refractivity contribution in [2.24, 2.45) is 0 Å². The van der Waals surface area contributed by atoms with E-state index in [1.807, 2.05) is 43.5 Å². The first kappa shape index (κ1) is 18.5. The number of hydrogen-bond acceptors (Lipinski definition) is 4. The van der Waals surface area contributed by atoms with E-state index < -0.39 is 5.97 Å². The second-order valence-corrected chi connectivity index (χ2v) is 6.43. The number of rotatable bonds is 5. The highest BCUT2D eigenvalue weighted by molar-refractivity contribution is 6.06. The van der Waals surface area contributed by atoms with Crippen LogP contribution < -0.4 is 5.32 Å². The minimum Gasteiger partial charge on any atom is -0.467 e. The third-order valence-corrected chi connectivity index (χ3v) is 4.62. The van der Waals surface area contributed by atoms with Crippen LogP contribution in [0.4, 0.5) is 5.69 Å². The SMILES string of the molecule is COC(=O)c1ccc(C)c(NC(=O)c2cc(C)n(Cc3ccco3)c2C)c1. The van der Waals surface area contributed by atoms with Gasteiger partial charge in [0.25, 0.3) is 5.91 Å². The Hall–Kier alpha value is -3.28. The van der Waals surface area contributed by atoms with Gasteiger partial charge in [-0.05, 0) is 56.7 Å². The van der Waals surface area contributed by atoms with Gasteiger partial charge in [-0.1, -0.05) is 6.07 Å². The van der Waals surface area contributed by atoms with E-state index in [1.165, 1.54) is 7.11 Å². The van der Waals surface area contributed by atoms with Crippen LogP contribution in [-0.4, -0.2) is 23.6 Å². The first-order valence-corrected chi connectivity index (χ1v) is 8.60. The lowest BCUT2D eigenvalue weighted by atomic mass is 10.1. The minimum atomic E-state index is -0.442. The number of nitrogens with zero attached hydrogens (tertiary/aromatic N) is 1. The fraction of sp³-hybridized carbons (Fsp3) is 0.238. The van der Waals surface area contributed by atoms with E-state index in [2.05, 4.69) is 5.32 Å². The summed E-state index contributed by atoms with van der Waals surface area (Å²) in [6.07, 6.45) is 1.63. The van der Waals surface area contributed by atoms with Crippen molar-refractivity contribution in [2.75, 3.05) is 12.4 Å². The first-order chi connectivity index (χ1) is 12.9. The molecule has 0 saturated heterocycles. The van der Waals surface area contributed by atoms with Crippen LogP contribution in [0.1, 0.15) is 43.4 Å². The van der Waals surface area contributed by atoms with E-state index in [-0.39, 0.29) is 5.91 Å². The Morgan fingerprint density at radius 3 is 2.59 bits per heavy atom. The van der Waals surface area contributed by atoms with Crippen LogP contribution in [-0.2, 0) is 11.3 Å². The van der Waals surface area contributed by atoms with Gasteiger partial charge in [-0.25, -0.2) is 4.79 Å². The number of methoxy groups -OCH3 is 1. The molecule has 140 valence electrons. The standard InChI is InChI=1S/C21H22N2O4/c1-13-7-8-16(21(25)26-4)11-19(13)22-20(24)18-10-14(2)23(15(18)3)12-17-6-5-9-27-17/h5-11H,12H2,1-4H3,(H,22,24). The van der Waals surface area contributed by atoms with Crippen LogP contribution in [0.25, 0.3) is 0 Å². The second-order valence-electron chi connectivity index (χ2n) is 6.43. The van der Waals surface area contributed by atoms with Crippen LogP contribution in [0.3, 0.4) is 0 Å². The van der Waals surface area contributed by atoms with Gasteiger partial charge in [-0.3, -0.25) is 4.79 Å². The molecular formula is C21H22N2O4. The van der Waals surface area contributed by atoms with Crippen molar-refractivity contribution >= 4 is 17.6 Å². The lowest BCUT2D eigenvalue weighted by Crippen LogP contribution is -2.15. The van der Waals surface area contributed by atoms with Crippen LogP contribution in [0.15, 0.2) is 47.1 Å². The molecule has 1 aromatic carbocycles. The summed E-state index contributed by atoms with van der Waals surface area (Å²) in [5, 5.41) is 2.90. The molecule has 6 nitrogen and oxygen atoms in total. The number of carbonyl (C=O) groups excluding carboxylic acids is 2. The third kappa shape index (κ3) is 3.79. The Kier molecular flexibility index (Phi) is 5.16. The van der Waals surface area contributed by atoms with E-state index >= 15 is 0 Å². The van der Waals surface area contributed by atoms with Crippen molar-refractivity contribution in [2.45, 2.75) is 27.3 Å². The largest absolute Gasteiger partial charge is 0.467 e. The molecule has 0 atom stereocenters. The molecule has 2 aromatic heterocycles. The van der Waals surface area contributed by atoms with Gasteiger partial charge in [-0.15, -0.1) is 0 Å². The van der Waals surface area contributed by atoms with Crippen LogP contribution in [0.2, 0.25) is 0 Å². The number of ether oxygens (including phenoxy) is 1. The maximum Gasteiger partial charge on any atom is 0.337 e. The average molecular weight is 366 g/mol. The van der Waals surface area contributed by atoms with Crippen molar-refractivity contribution in [3.63, 3.8) is 0 Å². The molecule has 0 radical (unpaired) electrons. The van der Waals surface area contributed by atoms with E-state index in [1.54, 1.807) is 24.5 Å². The fourth-order valence-electron chi connectivity index (χ4n) is 3.02. The van der Waals surface area contributed by atoms with Gasteiger partial charge in [0.1, 0.15) is 5.76 Å². The summed E-state index contributed by atoms with van der Waals surface area (Å²) in [7, 11) is 1.33. The zero-order valence-electron chi connectivity index (χ0n) is 15.8. The molecule has 1 amide bonds. The van der Waals surface area contributed by atoms with E-state index in [0.717, 1.165) is 22.7 Å². The molecule has 0 aliphatic heterocycles. The molecule has 0 spiro atoms. The summed E-state index contributed by atoms with van der Waals surface area (Å²) in [6.45, 7) is 6.30. The normalized spacial score (nSPS) is 10.7. The first-order valence-electron chi connectivity index (χ1n) is 8.60.